The first-order valence-corrected chi connectivity index (χ1v) is 4.63. The lowest BCUT2D eigenvalue weighted by Crippen LogP contribution is -2.35. The van der Waals surface area contributed by atoms with E-state index in [0.29, 0.717) is 5.69 Å². The SMILES string of the molecule is Cc1nn(C)c(NCC(F)(F)C(F)F)c1C#N. The monoisotopic (exact) mass is 250 g/mol. The fraction of sp³-hybridized carbons (Fsp3) is 0.556. The van der Waals surface area contributed by atoms with E-state index in [0.717, 1.165) is 4.68 Å². The van der Waals surface area contributed by atoms with Crippen LogP contribution in [0.15, 0.2) is 0 Å². The molecule has 1 aromatic heterocycles. The third-order valence-electron chi connectivity index (χ3n) is 2.14. The Hall–Kier alpha value is -1.78. The molecule has 0 saturated heterocycles. The maximum Gasteiger partial charge on any atom is 0.324 e. The van der Waals surface area contributed by atoms with Crippen molar-refractivity contribution < 1.29 is 17.6 Å². The van der Waals surface area contributed by atoms with Gasteiger partial charge in [0, 0.05) is 7.05 Å². The van der Waals surface area contributed by atoms with Crippen LogP contribution >= 0.6 is 0 Å². The lowest BCUT2D eigenvalue weighted by Gasteiger charge is -2.16. The van der Waals surface area contributed by atoms with Crippen LogP contribution in [0.5, 0.6) is 0 Å². The molecule has 0 saturated carbocycles. The molecule has 1 rings (SSSR count). The minimum absolute atomic E-state index is 0.00493. The third-order valence-corrected chi connectivity index (χ3v) is 2.14. The first-order valence-electron chi connectivity index (χ1n) is 4.63. The van der Waals surface area contributed by atoms with Crippen LogP contribution < -0.4 is 5.32 Å². The summed E-state index contributed by atoms with van der Waals surface area (Å²) in [5.41, 5.74) is 0.412. The molecule has 4 nitrogen and oxygen atoms in total. The zero-order chi connectivity index (χ0) is 13.2. The Labute approximate surface area is 94.8 Å². The molecule has 8 heteroatoms. The van der Waals surface area contributed by atoms with Gasteiger partial charge >= 0.3 is 12.3 Å². The summed E-state index contributed by atoms with van der Waals surface area (Å²) in [6.45, 7) is 0.271. The van der Waals surface area contributed by atoms with Crippen molar-refractivity contribution in [3.63, 3.8) is 0 Å². The molecule has 1 N–H and O–H groups in total. The molecule has 1 heterocycles. The van der Waals surface area contributed by atoms with E-state index in [1.807, 2.05) is 0 Å². The van der Waals surface area contributed by atoms with Gasteiger partial charge in [0.2, 0.25) is 0 Å². The fourth-order valence-electron chi connectivity index (χ4n) is 1.27. The number of nitriles is 1. The summed E-state index contributed by atoms with van der Waals surface area (Å²) in [7, 11) is 1.43. The Kier molecular flexibility index (Phi) is 3.60. The van der Waals surface area contributed by atoms with Crippen LogP contribution in [0, 0.1) is 18.3 Å². The molecule has 0 unspecified atom stereocenters. The smallest absolute Gasteiger partial charge is 0.324 e. The van der Waals surface area contributed by atoms with E-state index < -0.39 is 18.9 Å². The zero-order valence-electron chi connectivity index (χ0n) is 9.14. The number of anilines is 1. The number of aromatic nitrogens is 2. The van der Waals surface area contributed by atoms with Gasteiger partial charge in [0.25, 0.3) is 0 Å². The van der Waals surface area contributed by atoms with Crippen molar-refractivity contribution in [2.45, 2.75) is 19.3 Å². The molecule has 0 aliphatic heterocycles. The van der Waals surface area contributed by atoms with Crippen molar-refractivity contribution in [3.05, 3.63) is 11.3 Å². The highest BCUT2D eigenvalue weighted by Crippen LogP contribution is 2.24. The van der Waals surface area contributed by atoms with Crippen LogP contribution in [-0.4, -0.2) is 28.7 Å². The van der Waals surface area contributed by atoms with Gasteiger partial charge < -0.3 is 5.32 Å². The van der Waals surface area contributed by atoms with Gasteiger partial charge in [-0.2, -0.15) is 19.1 Å². The van der Waals surface area contributed by atoms with Crippen molar-refractivity contribution in [1.29, 1.82) is 5.26 Å². The van der Waals surface area contributed by atoms with E-state index in [9.17, 15) is 17.6 Å². The molecule has 0 aliphatic rings. The van der Waals surface area contributed by atoms with Gasteiger partial charge in [0.05, 0.1) is 12.2 Å². The lowest BCUT2D eigenvalue weighted by molar-refractivity contribution is -0.117. The molecule has 0 bridgehead atoms. The second kappa shape index (κ2) is 4.61. The van der Waals surface area contributed by atoms with E-state index in [4.69, 9.17) is 5.26 Å². The molecular formula is C9H10F4N4. The third kappa shape index (κ3) is 2.67. The van der Waals surface area contributed by atoms with E-state index >= 15 is 0 Å². The van der Waals surface area contributed by atoms with Gasteiger partial charge in [0.1, 0.15) is 17.5 Å². The first kappa shape index (κ1) is 13.3. The molecule has 0 fully saturated rings. The van der Waals surface area contributed by atoms with E-state index in [1.165, 1.54) is 14.0 Å². The first-order chi connectivity index (χ1) is 7.79. The predicted molar refractivity (Wildman–Crippen MR) is 52.1 cm³/mol. The average Bonchev–Trinajstić information content (AvgIpc) is 2.49. The summed E-state index contributed by atoms with van der Waals surface area (Å²) in [4.78, 5) is 0. The molecule has 1 aromatic rings. The highest BCUT2D eigenvalue weighted by Gasteiger charge is 2.40. The van der Waals surface area contributed by atoms with Gasteiger partial charge in [-0.25, -0.2) is 8.78 Å². The number of aryl methyl sites for hydroxylation is 2. The predicted octanol–water partition coefficient (Wildman–Crippen LogP) is 1.91. The maximum absolute atomic E-state index is 12.7. The largest absolute Gasteiger partial charge is 0.363 e. The van der Waals surface area contributed by atoms with Gasteiger partial charge in [-0.05, 0) is 6.92 Å². The van der Waals surface area contributed by atoms with Crippen molar-refractivity contribution in [2.75, 3.05) is 11.9 Å². The topological polar surface area (TPSA) is 53.6 Å². The molecule has 0 atom stereocenters. The summed E-state index contributed by atoms with van der Waals surface area (Å²) >= 11 is 0. The minimum Gasteiger partial charge on any atom is -0.363 e. The summed E-state index contributed by atoms with van der Waals surface area (Å²) in [6.07, 6.45) is -3.75. The normalized spacial score (nSPS) is 11.6. The van der Waals surface area contributed by atoms with Gasteiger partial charge in [-0.15, -0.1) is 0 Å². The summed E-state index contributed by atoms with van der Waals surface area (Å²) in [5.74, 6) is -4.14. The van der Waals surface area contributed by atoms with Crippen molar-refractivity contribution >= 4 is 5.82 Å². The summed E-state index contributed by atoms with van der Waals surface area (Å²) in [6, 6.07) is 1.77. The second-order valence-electron chi connectivity index (χ2n) is 3.46. The van der Waals surface area contributed by atoms with Gasteiger partial charge in [0.15, 0.2) is 0 Å². The van der Waals surface area contributed by atoms with Crippen molar-refractivity contribution in [1.82, 2.24) is 9.78 Å². The fourth-order valence-corrected chi connectivity index (χ4v) is 1.27. The number of hydrogen-bond donors (Lipinski definition) is 1. The Balaban J connectivity index is 2.87. The van der Waals surface area contributed by atoms with Crippen LogP contribution in [-0.2, 0) is 7.05 Å². The van der Waals surface area contributed by atoms with Crippen LogP contribution in [0.2, 0.25) is 0 Å². The number of hydrogen-bond acceptors (Lipinski definition) is 3. The zero-order valence-corrected chi connectivity index (χ0v) is 9.14. The minimum atomic E-state index is -4.15. The molecule has 94 valence electrons. The van der Waals surface area contributed by atoms with E-state index in [-0.39, 0.29) is 11.4 Å². The Morgan fingerprint density at radius 3 is 2.59 bits per heavy atom. The standard InChI is InChI=1S/C9H10F4N4/c1-5-6(3-14)7(17(2)16-5)15-4-9(12,13)8(10)11/h8,15H,4H2,1-2H3. The second-order valence-corrected chi connectivity index (χ2v) is 3.46. The molecule has 0 aromatic carbocycles. The van der Waals surface area contributed by atoms with Crippen LogP contribution in [0.1, 0.15) is 11.3 Å². The van der Waals surface area contributed by atoms with Crippen LogP contribution in [0.25, 0.3) is 0 Å². The van der Waals surface area contributed by atoms with Crippen LogP contribution in [0.4, 0.5) is 23.4 Å². The maximum atomic E-state index is 12.7. The Bertz CT molecular complexity index is 447. The molecule has 0 spiro atoms. The van der Waals surface area contributed by atoms with Gasteiger partial charge in [-0.3, -0.25) is 4.68 Å². The number of halogens is 4. The highest BCUT2D eigenvalue weighted by atomic mass is 19.3. The summed E-state index contributed by atoms with van der Waals surface area (Å²) < 4.78 is 50.4. The van der Waals surface area contributed by atoms with Crippen molar-refractivity contribution in [2.24, 2.45) is 7.05 Å². The number of rotatable bonds is 4. The Morgan fingerprint density at radius 1 is 1.53 bits per heavy atom. The molecule has 17 heavy (non-hydrogen) atoms. The molecule has 0 amide bonds. The molecular weight excluding hydrogens is 240 g/mol. The Morgan fingerprint density at radius 2 is 2.12 bits per heavy atom. The van der Waals surface area contributed by atoms with E-state index in [2.05, 4.69) is 10.4 Å². The quantitative estimate of drug-likeness (QED) is 0.830. The van der Waals surface area contributed by atoms with Crippen molar-refractivity contribution in [3.8, 4) is 6.07 Å². The van der Waals surface area contributed by atoms with Crippen LogP contribution in [0.3, 0.4) is 0 Å². The summed E-state index contributed by atoms with van der Waals surface area (Å²) in [5, 5.41) is 14.7. The lowest BCUT2D eigenvalue weighted by atomic mass is 10.2. The molecule has 0 radical (unpaired) electrons. The number of nitrogens with one attached hydrogen (secondary N) is 1. The van der Waals surface area contributed by atoms with Gasteiger partial charge in [-0.1, -0.05) is 0 Å². The highest BCUT2D eigenvalue weighted by molar-refractivity contribution is 5.55. The van der Waals surface area contributed by atoms with E-state index in [1.54, 1.807) is 6.07 Å². The number of alkyl halides is 4. The average molecular weight is 250 g/mol. The number of nitrogens with zero attached hydrogens (tertiary/aromatic N) is 3. The molecule has 0 aliphatic carbocycles.